The summed E-state index contributed by atoms with van der Waals surface area (Å²) in [5.41, 5.74) is 1.23. The largest absolute Gasteiger partial charge is 0.492 e. The molecular weight excluding hydrogens is 328 g/mol. The molecule has 6 heteroatoms. The van der Waals surface area contributed by atoms with Gasteiger partial charge in [0.1, 0.15) is 18.1 Å². The van der Waals surface area contributed by atoms with Gasteiger partial charge in [0.05, 0.1) is 25.4 Å². The summed E-state index contributed by atoms with van der Waals surface area (Å²) in [5.74, 6) is 2.57. The molecule has 0 radical (unpaired) electrons. The van der Waals surface area contributed by atoms with Crippen LogP contribution in [0, 0.1) is 6.92 Å². The van der Waals surface area contributed by atoms with Crippen molar-refractivity contribution in [3.63, 3.8) is 0 Å². The van der Waals surface area contributed by atoms with E-state index in [0.29, 0.717) is 19.7 Å². The lowest BCUT2D eigenvalue weighted by molar-refractivity contribution is 0.264. The van der Waals surface area contributed by atoms with E-state index in [-0.39, 0.29) is 6.04 Å². The molecule has 6 nitrogen and oxygen atoms in total. The maximum atomic E-state index is 5.74. The quantitative estimate of drug-likeness (QED) is 0.410. The number of benzene rings is 1. The van der Waals surface area contributed by atoms with E-state index < -0.39 is 0 Å². The number of rotatable bonds is 9. The van der Waals surface area contributed by atoms with Gasteiger partial charge < -0.3 is 19.8 Å². The highest BCUT2D eigenvalue weighted by molar-refractivity contribution is 5.79. The van der Waals surface area contributed by atoms with Crippen LogP contribution in [0.4, 0.5) is 0 Å². The third-order valence-electron chi connectivity index (χ3n) is 3.95. The van der Waals surface area contributed by atoms with E-state index in [2.05, 4.69) is 34.4 Å². The van der Waals surface area contributed by atoms with Crippen molar-refractivity contribution in [1.82, 2.24) is 15.5 Å². The minimum absolute atomic E-state index is 0.101. The molecule has 0 amide bonds. The van der Waals surface area contributed by atoms with E-state index in [4.69, 9.17) is 9.15 Å². The zero-order valence-corrected chi connectivity index (χ0v) is 16.2. The highest BCUT2D eigenvalue weighted by Crippen LogP contribution is 2.18. The van der Waals surface area contributed by atoms with Gasteiger partial charge in [0.25, 0.3) is 0 Å². The molecule has 26 heavy (non-hydrogen) atoms. The molecule has 0 saturated heterocycles. The molecule has 1 atom stereocenters. The van der Waals surface area contributed by atoms with Crippen LogP contribution in [0.5, 0.6) is 5.75 Å². The highest BCUT2D eigenvalue weighted by Gasteiger charge is 2.16. The van der Waals surface area contributed by atoms with Crippen molar-refractivity contribution in [2.75, 3.05) is 40.3 Å². The lowest BCUT2D eigenvalue weighted by Crippen LogP contribution is -2.40. The predicted octanol–water partition coefficient (Wildman–Crippen LogP) is 2.82. The van der Waals surface area contributed by atoms with Crippen molar-refractivity contribution in [3.05, 3.63) is 54.0 Å². The van der Waals surface area contributed by atoms with Crippen molar-refractivity contribution in [2.45, 2.75) is 19.9 Å². The van der Waals surface area contributed by atoms with Gasteiger partial charge in [-0.2, -0.15) is 0 Å². The van der Waals surface area contributed by atoms with Crippen LogP contribution >= 0.6 is 0 Å². The smallest absolute Gasteiger partial charge is 0.191 e. The number of aryl methyl sites for hydroxylation is 1. The molecule has 1 unspecified atom stereocenters. The molecule has 0 spiro atoms. The minimum Gasteiger partial charge on any atom is -0.492 e. The predicted molar refractivity (Wildman–Crippen MR) is 106 cm³/mol. The molecule has 1 aromatic carbocycles. The van der Waals surface area contributed by atoms with E-state index in [1.807, 2.05) is 50.5 Å². The van der Waals surface area contributed by atoms with Crippen molar-refractivity contribution in [2.24, 2.45) is 4.99 Å². The molecule has 2 rings (SSSR count). The molecule has 0 aliphatic rings. The monoisotopic (exact) mass is 358 g/mol. The first kappa shape index (κ1) is 19.8. The van der Waals surface area contributed by atoms with Gasteiger partial charge in [-0.1, -0.05) is 17.7 Å². The summed E-state index contributed by atoms with van der Waals surface area (Å²) in [5, 5.41) is 6.57. The van der Waals surface area contributed by atoms with Crippen molar-refractivity contribution >= 4 is 5.96 Å². The van der Waals surface area contributed by atoms with Crippen molar-refractivity contribution in [1.29, 1.82) is 0 Å². The number of guanidine groups is 1. The Morgan fingerprint density at radius 2 is 1.96 bits per heavy atom. The van der Waals surface area contributed by atoms with Gasteiger partial charge in [-0.05, 0) is 52.2 Å². The summed E-state index contributed by atoms with van der Waals surface area (Å²) in [6, 6.07) is 12.1. The van der Waals surface area contributed by atoms with Crippen LogP contribution in [0.2, 0.25) is 0 Å². The van der Waals surface area contributed by atoms with Crippen LogP contribution in [0.25, 0.3) is 0 Å². The van der Waals surface area contributed by atoms with Crippen LogP contribution < -0.4 is 15.4 Å². The Kier molecular flexibility index (Phi) is 8.02. The first-order valence-electron chi connectivity index (χ1n) is 9.01. The lowest BCUT2D eigenvalue weighted by Gasteiger charge is -2.21. The third-order valence-corrected chi connectivity index (χ3v) is 3.95. The van der Waals surface area contributed by atoms with Gasteiger partial charge in [0.15, 0.2) is 5.96 Å². The topological polar surface area (TPSA) is 62.0 Å². The number of ether oxygens (including phenoxy) is 1. The number of furan rings is 1. The molecule has 0 saturated carbocycles. The van der Waals surface area contributed by atoms with Gasteiger partial charge in [0, 0.05) is 6.54 Å². The molecular formula is C20H30N4O2. The van der Waals surface area contributed by atoms with Gasteiger partial charge in [-0.25, -0.2) is 0 Å². The minimum atomic E-state index is 0.101. The number of hydrogen-bond donors (Lipinski definition) is 2. The van der Waals surface area contributed by atoms with E-state index in [1.54, 1.807) is 6.26 Å². The SMILES string of the molecule is CCNC(=NCC(c1ccco1)N(C)C)NCCOc1ccc(C)cc1. The average Bonchev–Trinajstić information content (AvgIpc) is 3.14. The van der Waals surface area contributed by atoms with E-state index in [0.717, 1.165) is 24.0 Å². The maximum Gasteiger partial charge on any atom is 0.191 e. The van der Waals surface area contributed by atoms with Crippen LogP contribution in [-0.4, -0.2) is 51.2 Å². The summed E-state index contributed by atoms with van der Waals surface area (Å²) >= 11 is 0. The van der Waals surface area contributed by atoms with Gasteiger partial charge in [0.2, 0.25) is 0 Å². The second kappa shape index (κ2) is 10.5. The van der Waals surface area contributed by atoms with Crippen LogP contribution in [0.1, 0.15) is 24.3 Å². The van der Waals surface area contributed by atoms with Crippen LogP contribution in [0.3, 0.4) is 0 Å². The third kappa shape index (κ3) is 6.44. The number of likely N-dealkylation sites (N-methyl/N-ethyl adjacent to an activating group) is 1. The average molecular weight is 358 g/mol. The van der Waals surface area contributed by atoms with E-state index >= 15 is 0 Å². The van der Waals surface area contributed by atoms with E-state index in [1.165, 1.54) is 5.56 Å². The van der Waals surface area contributed by atoms with E-state index in [9.17, 15) is 0 Å². The van der Waals surface area contributed by atoms with Gasteiger partial charge in [-0.15, -0.1) is 0 Å². The molecule has 1 aromatic heterocycles. The fraction of sp³-hybridized carbons (Fsp3) is 0.450. The zero-order valence-electron chi connectivity index (χ0n) is 16.2. The standard InChI is InChI=1S/C20H30N4O2/c1-5-21-20(22-12-14-25-17-10-8-16(2)9-11-17)23-15-18(24(3)4)19-7-6-13-26-19/h6-11,13,18H,5,12,14-15H2,1-4H3,(H2,21,22,23). The molecule has 2 N–H and O–H groups in total. The second-order valence-electron chi connectivity index (χ2n) is 6.30. The van der Waals surface area contributed by atoms with Gasteiger partial charge >= 0.3 is 0 Å². The summed E-state index contributed by atoms with van der Waals surface area (Å²) in [6.45, 7) is 6.77. The Labute approximate surface area is 156 Å². The Balaban J connectivity index is 1.84. The second-order valence-corrected chi connectivity index (χ2v) is 6.30. The maximum absolute atomic E-state index is 5.74. The Morgan fingerprint density at radius 3 is 2.58 bits per heavy atom. The van der Waals surface area contributed by atoms with Gasteiger partial charge in [-0.3, -0.25) is 9.89 Å². The Bertz CT molecular complexity index is 651. The molecule has 0 aliphatic heterocycles. The molecule has 1 heterocycles. The summed E-state index contributed by atoms with van der Waals surface area (Å²) in [4.78, 5) is 6.79. The Morgan fingerprint density at radius 1 is 1.19 bits per heavy atom. The van der Waals surface area contributed by atoms with Crippen molar-refractivity contribution < 1.29 is 9.15 Å². The summed E-state index contributed by atoms with van der Waals surface area (Å²) < 4.78 is 11.3. The fourth-order valence-corrected chi connectivity index (χ4v) is 2.48. The molecule has 0 fully saturated rings. The first-order valence-corrected chi connectivity index (χ1v) is 9.01. The number of hydrogen-bond acceptors (Lipinski definition) is 4. The molecule has 0 aliphatic carbocycles. The normalized spacial score (nSPS) is 12.9. The number of nitrogens with one attached hydrogen (secondary N) is 2. The summed E-state index contributed by atoms with van der Waals surface area (Å²) in [7, 11) is 4.05. The molecule has 142 valence electrons. The summed E-state index contributed by atoms with van der Waals surface area (Å²) in [6.07, 6.45) is 1.70. The fourth-order valence-electron chi connectivity index (χ4n) is 2.48. The molecule has 0 bridgehead atoms. The highest BCUT2D eigenvalue weighted by atomic mass is 16.5. The Hall–Kier alpha value is -2.47. The molecule has 2 aromatic rings. The number of aliphatic imine (C=N–C) groups is 1. The first-order chi connectivity index (χ1) is 12.6. The lowest BCUT2D eigenvalue weighted by atomic mass is 10.2. The zero-order chi connectivity index (χ0) is 18.8. The number of nitrogens with zero attached hydrogens (tertiary/aromatic N) is 2. The van der Waals surface area contributed by atoms with Crippen molar-refractivity contribution in [3.8, 4) is 5.75 Å². The van der Waals surface area contributed by atoms with Crippen LogP contribution in [0.15, 0.2) is 52.1 Å². The van der Waals surface area contributed by atoms with Crippen LogP contribution in [-0.2, 0) is 0 Å².